The molecule has 0 aliphatic rings. The van der Waals surface area contributed by atoms with Gasteiger partial charge in [-0.15, -0.1) is 0 Å². The number of rotatable bonds is 10. The van der Waals surface area contributed by atoms with Crippen molar-refractivity contribution in [2.75, 3.05) is 13.7 Å². The van der Waals surface area contributed by atoms with Crippen molar-refractivity contribution in [2.24, 2.45) is 0 Å². The molecule has 1 aromatic rings. The molecular formula is C18H27NO2. The lowest BCUT2D eigenvalue weighted by atomic mass is 10.1. The minimum absolute atomic E-state index is 0.144. The summed E-state index contributed by atoms with van der Waals surface area (Å²) >= 11 is 0. The van der Waals surface area contributed by atoms with Gasteiger partial charge in [-0.05, 0) is 18.1 Å². The molecule has 0 unspecified atom stereocenters. The molecule has 0 aliphatic carbocycles. The van der Waals surface area contributed by atoms with Gasteiger partial charge in [-0.25, -0.2) is 0 Å². The van der Waals surface area contributed by atoms with Crippen LogP contribution < -0.4 is 5.32 Å². The highest BCUT2D eigenvalue weighted by molar-refractivity contribution is 5.95. The Labute approximate surface area is 128 Å². The highest BCUT2D eigenvalue weighted by atomic mass is 16.5. The van der Waals surface area contributed by atoms with E-state index in [0.717, 1.165) is 12.0 Å². The van der Waals surface area contributed by atoms with Gasteiger partial charge in [0.2, 0.25) is 0 Å². The van der Waals surface area contributed by atoms with Gasteiger partial charge in [-0.3, -0.25) is 4.79 Å². The minimum Gasteiger partial charge on any atom is -0.491 e. The number of unbranched alkanes of at least 4 members (excludes halogenated alkanes) is 5. The number of ether oxygens (including phenoxy) is 1. The first kappa shape index (κ1) is 17.3. The van der Waals surface area contributed by atoms with Gasteiger partial charge in [0.05, 0.1) is 7.11 Å². The molecule has 0 saturated heterocycles. The van der Waals surface area contributed by atoms with E-state index in [0.29, 0.717) is 12.3 Å². The minimum atomic E-state index is -0.144. The number of benzene rings is 1. The first-order chi connectivity index (χ1) is 10.3. The molecule has 21 heavy (non-hydrogen) atoms. The number of carbonyl (C=O) groups is 1. The fourth-order valence-corrected chi connectivity index (χ4v) is 2.11. The van der Waals surface area contributed by atoms with Crippen molar-refractivity contribution in [1.82, 2.24) is 5.32 Å². The van der Waals surface area contributed by atoms with E-state index in [1.807, 2.05) is 30.3 Å². The molecule has 3 nitrogen and oxygen atoms in total. The highest BCUT2D eigenvalue weighted by Gasteiger charge is 2.08. The molecule has 1 amide bonds. The molecule has 1 rings (SSSR count). The van der Waals surface area contributed by atoms with Crippen LogP contribution in [0.25, 0.3) is 6.08 Å². The average molecular weight is 289 g/mol. The zero-order chi connectivity index (χ0) is 15.3. The van der Waals surface area contributed by atoms with Gasteiger partial charge < -0.3 is 10.1 Å². The zero-order valence-corrected chi connectivity index (χ0v) is 13.2. The maximum atomic E-state index is 12.0. The van der Waals surface area contributed by atoms with E-state index in [1.165, 1.54) is 39.2 Å². The number of amides is 1. The number of nitrogens with one attached hydrogen (secondary N) is 1. The Hall–Kier alpha value is -1.77. The van der Waals surface area contributed by atoms with E-state index in [4.69, 9.17) is 4.74 Å². The van der Waals surface area contributed by atoms with Crippen molar-refractivity contribution in [1.29, 1.82) is 0 Å². The second kappa shape index (κ2) is 11.0. The summed E-state index contributed by atoms with van der Waals surface area (Å²) in [6, 6.07) is 9.71. The Morgan fingerprint density at radius 1 is 1.10 bits per heavy atom. The fourth-order valence-electron chi connectivity index (χ4n) is 2.11. The molecular weight excluding hydrogens is 262 g/mol. The van der Waals surface area contributed by atoms with Crippen molar-refractivity contribution in [3.05, 3.63) is 41.7 Å². The van der Waals surface area contributed by atoms with Gasteiger partial charge in [-0.2, -0.15) is 0 Å². The largest absolute Gasteiger partial charge is 0.491 e. The van der Waals surface area contributed by atoms with Gasteiger partial charge >= 0.3 is 0 Å². The summed E-state index contributed by atoms with van der Waals surface area (Å²) < 4.78 is 5.18. The van der Waals surface area contributed by atoms with Gasteiger partial charge in [0.25, 0.3) is 5.91 Å². The summed E-state index contributed by atoms with van der Waals surface area (Å²) in [7, 11) is 1.53. The molecule has 1 N–H and O–H groups in total. The lowest BCUT2D eigenvalue weighted by molar-refractivity contribution is -0.120. The first-order valence-corrected chi connectivity index (χ1v) is 7.87. The lowest BCUT2D eigenvalue weighted by Gasteiger charge is -2.08. The molecule has 0 saturated carbocycles. The summed E-state index contributed by atoms with van der Waals surface area (Å²) in [6.07, 6.45) is 9.07. The van der Waals surface area contributed by atoms with E-state index in [-0.39, 0.29) is 5.91 Å². The molecule has 0 aliphatic heterocycles. The van der Waals surface area contributed by atoms with Crippen molar-refractivity contribution in [3.8, 4) is 0 Å². The van der Waals surface area contributed by atoms with E-state index >= 15 is 0 Å². The molecule has 0 atom stereocenters. The van der Waals surface area contributed by atoms with E-state index < -0.39 is 0 Å². The molecule has 0 bridgehead atoms. The van der Waals surface area contributed by atoms with Crippen LogP contribution in [-0.4, -0.2) is 19.6 Å². The SMILES string of the molecule is CCCCCCCCNC(=O)C(=Cc1ccccc1)OC. The van der Waals surface area contributed by atoms with E-state index in [1.54, 1.807) is 6.08 Å². The smallest absolute Gasteiger partial charge is 0.286 e. The van der Waals surface area contributed by atoms with Crippen LogP contribution in [-0.2, 0) is 9.53 Å². The predicted molar refractivity (Wildman–Crippen MR) is 87.8 cm³/mol. The second-order valence-corrected chi connectivity index (χ2v) is 5.15. The van der Waals surface area contributed by atoms with Crippen molar-refractivity contribution in [3.63, 3.8) is 0 Å². The molecule has 116 valence electrons. The molecule has 0 heterocycles. The quantitative estimate of drug-likeness (QED) is 0.399. The van der Waals surface area contributed by atoms with Crippen LogP contribution >= 0.6 is 0 Å². The Kier molecular flexibility index (Phi) is 9.01. The Morgan fingerprint density at radius 3 is 2.43 bits per heavy atom. The third kappa shape index (κ3) is 7.54. The summed E-state index contributed by atoms with van der Waals surface area (Å²) in [5, 5.41) is 2.91. The third-order valence-corrected chi connectivity index (χ3v) is 3.36. The Bertz CT molecular complexity index is 426. The van der Waals surface area contributed by atoms with Crippen LogP contribution in [0.4, 0.5) is 0 Å². The summed E-state index contributed by atoms with van der Waals surface area (Å²) in [5.41, 5.74) is 0.962. The van der Waals surface area contributed by atoms with Crippen LogP contribution in [0.5, 0.6) is 0 Å². The van der Waals surface area contributed by atoms with E-state index in [9.17, 15) is 4.79 Å². The standard InChI is InChI=1S/C18H27NO2/c1-3-4-5-6-7-11-14-19-18(20)17(21-2)15-16-12-9-8-10-13-16/h8-10,12-13,15H,3-7,11,14H2,1-2H3,(H,19,20). The number of methoxy groups -OCH3 is 1. The Morgan fingerprint density at radius 2 is 1.76 bits per heavy atom. The topological polar surface area (TPSA) is 38.3 Å². The number of carbonyl (C=O) groups excluding carboxylic acids is 1. The Balaban J connectivity index is 2.30. The van der Waals surface area contributed by atoms with Crippen molar-refractivity contribution >= 4 is 12.0 Å². The van der Waals surface area contributed by atoms with Gasteiger partial charge in [0.15, 0.2) is 5.76 Å². The van der Waals surface area contributed by atoms with E-state index in [2.05, 4.69) is 12.2 Å². The highest BCUT2D eigenvalue weighted by Crippen LogP contribution is 2.08. The lowest BCUT2D eigenvalue weighted by Crippen LogP contribution is -2.26. The average Bonchev–Trinajstić information content (AvgIpc) is 2.52. The number of hydrogen-bond donors (Lipinski definition) is 1. The van der Waals surface area contributed by atoms with Crippen LogP contribution in [0.2, 0.25) is 0 Å². The molecule has 0 fully saturated rings. The molecule has 0 radical (unpaired) electrons. The van der Waals surface area contributed by atoms with Gasteiger partial charge in [0.1, 0.15) is 0 Å². The van der Waals surface area contributed by atoms with Gasteiger partial charge in [-0.1, -0.05) is 69.4 Å². The normalized spacial score (nSPS) is 11.2. The molecule has 0 aromatic heterocycles. The molecule has 1 aromatic carbocycles. The third-order valence-electron chi connectivity index (χ3n) is 3.36. The number of hydrogen-bond acceptors (Lipinski definition) is 2. The van der Waals surface area contributed by atoms with Gasteiger partial charge in [0, 0.05) is 6.54 Å². The fraction of sp³-hybridized carbons (Fsp3) is 0.500. The monoisotopic (exact) mass is 289 g/mol. The van der Waals surface area contributed by atoms with Crippen LogP contribution in [0.3, 0.4) is 0 Å². The second-order valence-electron chi connectivity index (χ2n) is 5.15. The summed E-state index contributed by atoms with van der Waals surface area (Å²) in [4.78, 5) is 12.0. The molecule has 3 heteroatoms. The van der Waals surface area contributed by atoms with Crippen LogP contribution in [0, 0.1) is 0 Å². The molecule has 0 spiro atoms. The van der Waals surface area contributed by atoms with Crippen LogP contribution in [0.15, 0.2) is 36.1 Å². The summed E-state index contributed by atoms with van der Waals surface area (Å²) in [6.45, 7) is 2.92. The maximum Gasteiger partial charge on any atom is 0.286 e. The van der Waals surface area contributed by atoms with Crippen molar-refractivity contribution < 1.29 is 9.53 Å². The van der Waals surface area contributed by atoms with Crippen molar-refractivity contribution in [2.45, 2.75) is 45.4 Å². The predicted octanol–water partition coefficient (Wildman–Crippen LogP) is 4.15. The zero-order valence-electron chi connectivity index (χ0n) is 13.2. The van der Waals surface area contributed by atoms with Crippen LogP contribution in [0.1, 0.15) is 51.0 Å². The maximum absolute atomic E-state index is 12.0. The summed E-state index contributed by atoms with van der Waals surface area (Å²) in [5.74, 6) is 0.210. The first-order valence-electron chi connectivity index (χ1n) is 7.87.